The van der Waals surface area contributed by atoms with Crippen LogP contribution in [0.5, 0.6) is 17.4 Å². The van der Waals surface area contributed by atoms with Gasteiger partial charge >= 0.3 is 0 Å². The van der Waals surface area contributed by atoms with Crippen LogP contribution in [0.4, 0.5) is 10.2 Å². The van der Waals surface area contributed by atoms with Crippen LogP contribution in [-0.4, -0.2) is 23.6 Å². The average Bonchev–Trinajstić information content (AvgIpc) is 2.44. The number of nitrogens with one attached hydrogen (secondary N) is 1. The smallest absolute Gasteiger partial charge is 0.268 e. The molecule has 0 saturated carbocycles. The second-order valence-electron chi connectivity index (χ2n) is 3.77. The Morgan fingerprint density at radius 2 is 2.15 bits per heavy atom. The first-order valence-corrected chi connectivity index (χ1v) is 6.70. The van der Waals surface area contributed by atoms with Gasteiger partial charge in [0.1, 0.15) is 17.9 Å². The summed E-state index contributed by atoms with van der Waals surface area (Å²) in [6, 6.07) is 4.33. The van der Waals surface area contributed by atoms with Gasteiger partial charge in [-0.1, -0.05) is 0 Å². The van der Waals surface area contributed by atoms with E-state index in [2.05, 4.69) is 31.2 Å². The van der Waals surface area contributed by atoms with E-state index in [1.54, 1.807) is 0 Å². The standard InChI is InChI=1S/C13H13BrFN3O2/c1-3-16-12-11(19-2)13(18-7-17-12)20-8-4-5-10(15)9(14)6-8/h4-7H,3H2,1-2H3,(H,16,17,18). The van der Waals surface area contributed by atoms with Gasteiger partial charge in [-0.2, -0.15) is 4.98 Å². The van der Waals surface area contributed by atoms with Gasteiger partial charge < -0.3 is 14.8 Å². The fourth-order valence-electron chi connectivity index (χ4n) is 1.56. The van der Waals surface area contributed by atoms with E-state index in [1.807, 2.05) is 6.92 Å². The fraction of sp³-hybridized carbons (Fsp3) is 0.231. The normalized spacial score (nSPS) is 10.2. The molecule has 0 amide bonds. The minimum atomic E-state index is -0.361. The highest BCUT2D eigenvalue weighted by Crippen LogP contribution is 2.35. The molecular weight excluding hydrogens is 329 g/mol. The number of benzene rings is 1. The second-order valence-corrected chi connectivity index (χ2v) is 4.62. The van der Waals surface area contributed by atoms with E-state index in [1.165, 1.54) is 31.6 Å². The molecule has 1 aromatic carbocycles. The molecule has 0 saturated heterocycles. The van der Waals surface area contributed by atoms with Crippen molar-refractivity contribution in [2.75, 3.05) is 19.0 Å². The third-order valence-electron chi connectivity index (χ3n) is 2.43. The van der Waals surface area contributed by atoms with Crippen molar-refractivity contribution < 1.29 is 13.9 Å². The first kappa shape index (κ1) is 14.5. The van der Waals surface area contributed by atoms with E-state index in [0.717, 1.165) is 0 Å². The van der Waals surface area contributed by atoms with Crippen LogP contribution in [0.2, 0.25) is 0 Å². The number of methoxy groups -OCH3 is 1. The molecule has 0 aliphatic carbocycles. The fourth-order valence-corrected chi connectivity index (χ4v) is 1.92. The van der Waals surface area contributed by atoms with E-state index < -0.39 is 0 Å². The van der Waals surface area contributed by atoms with Crippen LogP contribution in [0.15, 0.2) is 29.0 Å². The molecule has 20 heavy (non-hydrogen) atoms. The Bertz CT molecular complexity index is 610. The van der Waals surface area contributed by atoms with Crippen molar-refractivity contribution in [1.82, 2.24) is 9.97 Å². The van der Waals surface area contributed by atoms with Crippen molar-refractivity contribution in [1.29, 1.82) is 0 Å². The SMILES string of the molecule is CCNc1ncnc(Oc2ccc(F)c(Br)c2)c1OC. The third-order valence-corrected chi connectivity index (χ3v) is 3.03. The zero-order valence-electron chi connectivity index (χ0n) is 11.0. The summed E-state index contributed by atoms with van der Waals surface area (Å²) in [4.78, 5) is 8.11. The molecule has 0 aliphatic heterocycles. The van der Waals surface area contributed by atoms with Crippen molar-refractivity contribution in [2.24, 2.45) is 0 Å². The van der Waals surface area contributed by atoms with Gasteiger partial charge in [0.2, 0.25) is 5.75 Å². The summed E-state index contributed by atoms with van der Waals surface area (Å²) in [5, 5.41) is 3.05. The molecule has 2 rings (SSSR count). The van der Waals surface area contributed by atoms with Crippen LogP contribution in [0.1, 0.15) is 6.92 Å². The number of rotatable bonds is 5. The molecule has 1 heterocycles. The van der Waals surface area contributed by atoms with Gasteiger partial charge in [0.15, 0.2) is 5.82 Å². The summed E-state index contributed by atoms with van der Waals surface area (Å²) in [6.07, 6.45) is 1.37. The zero-order valence-corrected chi connectivity index (χ0v) is 12.6. The third kappa shape index (κ3) is 3.16. The van der Waals surface area contributed by atoms with Crippen molar-refractivity contribution in [2.45, 2.75) is 6.92 Å². The molecule has 0 spiro atoms. The van der Waals surface area contributed by atoms with Gasteiger partial charge in [-0.3, -0.25) is 0 Å². The van der Waals surface area contributed by atoms with E-state index in [0.29, 0.717) is 28.3 Å². The minimum Gasteiger partial charge on any atom is -0.489 e. The minimum absolute atomic E-state index is 0.261. The topological polar surface area (TPSA) is 56.3 Å². The molecule has 106 valence electrons. The number of ether oxygens (including phenoxy) is 2. The summed E-state index contributed by atoms with van der Waals surface area (Å²) < 4.78 is 24.4. The number of anilines is 1. The summed E-state index contributed by atoms with van der Waals surface area (Å²) in [6.45, 7) is 2.63. The van der Waals surface area contributed by atoms with Crippen LogP contribution in [0.3, 0.4) is 0 Å². The number of hydrogen-bond acceptors (Lipinski definition) is 5. The molecule has 5 nitrogen and oxygen atoms in total. The largest absolute Gasteiger partial charge is 0.489 e. The molecule has 0 atom stereocenters. The lowest BCUT2D eigenvalue weighted by Crippen LogP contribution is -2.04. The lowest BCUT2D eigenvalue weighted by atomic mass is 10.3. The lowest BCUT2D eigenvalue weighted by Gasteiger charge is -2.12. The monoisotopic (exact) mass is 341 g/mol. The maximum atomic E-state index is 13.2. The summed E-state index contributed by atoms with van der Waals surface area (Å²) in [5.41, 5.74) is 0. The summed E-state index contributed by atoms with van der Waals surface area (Å²) >= 11 is 3.10. The molecule has 2 aromatic rings. The molecule has 0 fully saturated rings. The predicted molar refractivity (Wildman–Crippen MR) is 76.9 cm³/mol. The van der Waals surface area contributed by atoms with Gasteiger partial charge in [-0.25, -0.2) is 9.37 Å². The molecule has 1 aromatic heterocycles. The second kappa shape index (κ2) is 6.51. The van der Waals surface area contributed by atoms with E-state index in [4.69, 9.17) is 9.47 Å². The van der Waals surface area contributed by atoms with Gasteiger partial charge in [-0.15, -0.1) is 0 Å². The highest BCUT2D eigenvalue weighted by Gasteiger charge is 2.14. The van der Waals surface area contributed by atoms with Gasteiger partial charge in [-0.05, 0) is 41.1 Å². The van der Waals surface area contributed by atoms with Crippen molar-refractivity contribution in [3.8, 4) is 17.4 Å². The van der Waals surface area contributed by atoms with Gasteiger partial charge in [0.05, 0.1) is 11.6 Å². The first-order valence-electron chi connectivity index (χ1n) is 5.91. The molecule has 7 heteroatoms. The maximum absolute atomic E-state index is 13.2. The van der Waals surface area contributed by atoms with Crippen molar-refractivity contribution in [3.63, 3.8) is 0 Å². The predicted octanol–water partition coefficient (Wildman–Crippen LogP) is 3.61. The summed E-state index contributed by atoms with van der Waals surface area (Å²) in [7, 11) is 1.51. The van der Waals surface area contributed by atoms with Crippen molar-refractivity contribution in [3.05, 3.63) is 34.8 Å². The van der Waals surface area contributed by atoms with Gasteiger partial charge in [0.25, 0.3) is 5.88 Å². The number of halogens is 2. The number of aromatic nitrogens is 2. The molecule has 0 unspecified atom stereocenters. The Balaban J connectivity index is 2.32. The highest BCUT2D eigenvalue weighted by atomic mass is 79.9. The average molecular weight is 342 g/mol. The van der Waals surface area contributed by atoms with Crippen LogP contribution < -0.4 is 14.8 Å². The lowest BCUT2D eigenvalue weighted by molar-refractivity contribution is 0.368. The Morgan fingerprint density at radius 1 is 1.35 bits per heavy atom. The quantitative estimate of drug-likeness (QED) is 0.900. The number of nitrogens with zero attached hydrogens (tertiary/aromatic N) is 2. The molecule has 0 bridgehead atoms. The van der Waals surface area contributed by atoms with E-state index in [-0.39, 0.29) is 11.7 Å². The van der Waals surface area contributed by atoms with Gasteiger partial charge in [0, 0.05) is 6.54 Å². The van der Waals surface area contributed by atoms with E-state index in [9.17, 15) is 4.39 Å². The van der Waals surface area contributed by atoms with E-state index >= 15 is 0 Å². The van der Waals surface area contributed by atoms with Crippen LogP contribution in [-0.2, 0) is 0 Å². The van der Waals surface area contributed by atoms with Crippen LogP contribution in [0, 0.1) is 5.82 Å². The van der Waals surface area contributed by atoms with Crippen molar-refractivity contribution >= 4 is 21.7 Å². The zero-order chi connectivity index (χ0) is 14.5. The molecule has 1 N–H and O–H groups in total. The summed E-state index contributed by atoms with van der Waals surface area (Å²) in [5.74, 6) is 1.28. The number of hydrogen-bond donors (Lipinski definition) is 1. The maximum Gasteiger partial charge on any atom is 0.268 e. The Morgan fingerprint density at radius 3 is 2.80 bits per heavy atom. The highest BCUT2D eigenvalue weighted by molar-refractivity contribution is 9.10. The molecular formula is C13H13BrFN3O2. The Kier molecular flexibility index (Phi) is 4.73. The Labute approximate surface area is 124 Å². The Hall–Kier alpha value is -1.89. The van der Waals surface area contributed by atoms with Crippen LogP contribution >= 0.6 is 15.9 Å². The molecule has 0 radical (unpaired) electrons. The first-order chi connectivity index (χ1) is 9.65. The van der Waals surface area contributed by atoms with Crippen LogP contribution in [0.25, 0.3) is 0 Å². The molecule has 0 aliphatic rings.